The first-order valence-electron chi connectivity index (χ1n) is 8.55. The number of carbonyl (C=O) groups is 1. The van der Waals surface area contributed by atoms with Gasteiger partial charge in [0.25, 0.3) is 0 Å². The van der Waals surface area contributed by atoms with Crippen LogP contribution in [0.2, 0.25) is 0 Å². The summed E-state index contributed by atoms with van der Waals surface area (Å²) in [6.07, 6.45) is 2.29. The van der Waals surface area contributed by atoms with Crippen molar-refractivity contribution in [1.29, 1.82) is 0 Å². The third-order valence-corrected chi connectivity index (χ3v) is 4.30. The van der Waals surface area contributed by atoms with E-state index in [1.54, 1.807) is 7.11 Å². The maximum atomic E-state index is 12.3. The summed E-state index contributed by atoms with van der Waals surface area (Å²) in [4.78, 5) is 12.3. The highest BCUT2D eigenvalue weighted by atomic mass is 16.5. The minimum absolute atomic E-state index is 0.0608. The van der Waals surface area contributed by atoms with E-state index in [-0.39, 0.29) is 11.9 Å². The Kier molecular flexibility index (Phi) is 6.42. The molecule has 24 heavy (non-hydrogen) atoms. The molecule has 0 radical (unpaired) electrons. The van der Waals surface area contributed by atoms with Crippen molar-refractivity contribution in [2.45, 2.75) is 46.1 Å². The highest BCUT2D eigenvalue weighted by molar-refractivity contribution is 5.76. The Morgan fingerprint density at radius 3 is 2.42 bits per heavy atom. The Hall–Kier alpha value is -2.29. The number of hydrogen-bond donors (Lipinski definition) is 1. The Morgan fingerprint density at radius 2 is 1.79 bits per heavy atom. The molecule has 0 aromatic heterocycles. The lowest BCUT2D eigenvalue weighted by Crippen LogP contribution is -2.27. The normalized spacial score (nSPS) is 11.8. The van der Waals surface area contributed by atoms with Gasteiger partial charge in [-0.15, -0.1) is 0 Å². The van der Waals surface area contributed by atoms with Crippen LogP contribution in [0.3, 0.4) is 0 Å². The van der Waals surface area contributed by atoms with E-state index in [0.717, 1.165) is 29.7 Å². The fraction of sp³-hybridized carbons (Fsp3) is 0.381. The summed E-state index contributed by atoms with van der Waals surface area (Å²) in [6.45, 7) is 6.17. The van der Waals surface area contributed by atoms with Gasteiger partial charge in [-0.05, 0) is 43.9 Å². The molecule has 0 bridgehead atoms. The summed E-state index contributed by atoms with van der Waals surface area (Å²) in [5.41, 5.74) is 4.69. The summed E-state index contributed by atoms with van der Waals surface area (Å²) >= 11 is 0. The van der Waals surface area contributed by atoms with Gasteiger partial charge in [0.05, 0.1) is 13.2 Å². The number of hydrogen-bond acceptors (Lipinski definition) is 2. The molecule has 2 aromatic carbocycles. The van der Waals surface area contributed by atoms with Crippen LogP contribution in [-0.4, -0.2) is 13.0 Å². The summed E-state index contributed by atoms with van der Waals surface area (Å²) in [5, 5.41) is 3.07. The minimum Gasteiger partial charge on any atom is -0.496 e. The molecule has 0 aliphatic carbocycles. The molecule has 0 fully saturated rings. The quantitative estimate of drug-likeness (QED) is 0.820. The Bertz CT molecular complexity index is 677. The van der Waals surface area contributed by atoms with Crippen LogP contribution in [0.15, 0.2) is 42.5 Å². The molecule has 3 heteroatoms. The molecule has 1 atom stereocenters. The van der Waals surface area contributed by atoms with E-state index in [9.17, 15) is 4.79 Å². The lowest BCUT2D eigenvalue weighted by atomic mass is 10.0. The highest BCUT2D eigenvalue weighted by Gasteiger charge is 2.14. The van der Waals surface area contributed by atoms with Crippen LogP contribution >= 0.6 is 0 Å². The van der Waals surface area contributed by atoms with Crippen LogP contribution in [0.4, 0.5) is 0 Å². The van der Waals surface area contributed by atoms with Crippen LogP contribution in [0.5, 0.6) is 5.75 Å². The molecule has 0 spiro atoms. The topological polar surface area (TPSA) is 38.3 Å². The van der Waals surface area contributed by atoms with Gasteiger partial charge >= 0.3 is 0 Å². The summed E-state index contributed by atoms with van der Waals surface area (Å²) < 4.78 is 5.40. The molecule has 1 amide bonds. The second kappa shape index (κ2) is 8.53. The third-order valence-electron chi connectivity index (χ3n) is 4.30. The van der Waals surface area contributed by atoms with E-state index in [1.807, 2.05) is 26.0 Å². The van der Waals surface area contributed by atoms with Crippen molar-refractivity contribution in [2.75, 3.05) is 7.11 Å². The van der Waals surface area contributed by atoms with Crippen LogP contribution in [-0.2, 0) is 17.6 Å². The number of methoxy groups -OCH3 is 1. The molecule has 0 saturated heterocycles. The molecule has 0 saturated carbocycles. The van der Waals surface area contributed by atoms with Gasteiger partial charge in [0.1, 0.15) is 5.75 Å². The zero-order chi connectivity index (χ0) is 17.5. The minimum atomic E-state index is -0.0742. The molecule has 0 aliphatic heterocycles. The van der Waals surface area contributed by atoms with Crippen LogP contribution in [0, 0.1) is 6.92 Å². The van der Waals surface area contributed by atoms with Gasteiger partial charge in [-0.2, -0.15) is 0 Å². The van der Waals surface area contributed by atoms with E-state index >= 15 is 0 Å². The maximum absolute atomic E-state index is 12.3. The fourth-order valence-electron chi connectivity index (χ4n) is 2.78. The van der Waals surface area contributed by atoms with Gasteiger partial charge in [0.2, 0.25) is 5.91 Å². The predicted molar refractivity (Wildman–Crippen MR) is 98.4 cm³/mol. The second-order valence-corrected chi connectivity index (χ2v) is 6.20. The molecule has 0 heterocycles. The maximum Gasteiger partial charge on any atom is 0.220 e. The van der Waals surface area contributed by atoms with E-state index < -0.39 is 0 Å². The number of ether oxygens (including phenoxy) is 1. The number of rotatable bonds is 7. The summed E-state index contributed by atoms with van der Waals surface area (Å²) in [7, 11) is 1.66. The number of aryl methyl sites for hydroxylation is 3. The van der Waals surface area contributed by atoms with Crippen LogP contribution < -0.4 is 10.1 Å². The van der Waals surface area contributed by atoms with Crippen LogP contribution in [0.1, 0.15) is 48.6 Å². The molecular weight excluding hydrogens is 298 g/mol. The van der Waals surface area contributed by atoms with Crippen molar-refractivity contribution in [2.24, 2.45) is 0 Å². The third kappa shape index (κ3) is 4.85. The van der Waals surface area contributed by atoms with E-state index in [4.69, 9.17) is 4.74 Å². The standard InChI is InChI=1S/C21H27NO2/c1-5-17-7-9-18(10-8-17)11-13-21(23)22-16(3)19-14-15(2)6-12-20(19)24-4/h6-10,12,14,16H,5,11,13H2,1-4H3,(H,22,23). The molecule has 1 unspecified atom stereocenters. The zero-order valence-electron chi connectivity index (χ0n) is 15.1. The molecule has 1 N–H and O–H groups in total. The van der Waals surface area contributed by atoms with E-state index in [1.165, 1.54) is 11.1 Å². The van der Waals surface area contributed by atoms with Gasteiger partial charge in [-0.25, -0.2) is 0 Å². The van der Waals surface area contributed by atoms with Crippen molar-refractivity contribution >= 4 is 5.91 Å². The Labute approximate surface area is 145 Å². The van der Waals surface area contributed by atoms with Crippen molar-refractivity contribution in [1.82, 2.24) is 5.32 Å². The zero-order valence-corrected chi connectivity index (χ0v) is 15.1. The fourth-order valence-corrected chi connectivity index (χ4v) is 2.78. The first kappa shape index (κ1) is 18.1. The largest absolute Gasteiger partial charge is 0.496 e. The number of carbonyl (C=O) groups excluding carboxylic acids is 1. The lowest BCUT2D eigenvalue weighted by Gasteiger charge is -2.18. The summed E-state index contributed by atoms with van der Waals surface area (Å²) in [5.74, 6) is 0.870. The smallest absolute Gasteiger partial charge is 0.220 e. The molecule has 0 aliphatic rings. The van der Waals surface area contributed by atoms with Gasteiger partial charge in [-0.3, -0.25) is 4.79 Å². The second-order valence-electron chi connectivity index (χ2n) is 6.20. The van der Waals surface area contributed by atoms with Gasteiger partial charge in [0.15, 0.2) is 0 Å². The first-order chi connectivity index (χ1) is 11.5. The molecule has 2 aromatic rings. The van der Waals surface area contributed by atoms with Crippen molar-refractivity contribution in [3.8, 4) is 5.75 Å². The van der Waals surface area contributed by atoms with E-state index in [0.29, 0.717) is 6.42 Å². The average Bonchev–Trinajstić information content (AvgIpc) is 2.60. The SMILES string of the molecule is CCc1ccc(CCC(=O)NC(C)c2cc(C)ccc2OC)cc1. The summed E-state index contributed by atoms with van der Waals surface area (Å²) in [6, 6.07) is 14.4. The molecular formula is C21H27NO2. The van der Waals surface area contributed by atoms with Crippen molar-refractivity contribution < 1.29 is 9.53 Å². The number of benzene rings is 2. The monoisotopic (exact) mass is 325 g/mol. The molecule has 2 rings (SSSR count). The van der Waals surface area contributed by atoms with Gasteiger partial charge in [-0.1, -0.05) is 48.9 Å². The average molecular weight is 325 g/mol. The van der Waals surface area contributed by atoms with Gasteiger partial charge < -0.3 is 10.1 Å². The predicted octanol–water partition coefficient (Wildman–Crippen LogP) is 4.38. The van der Waals surface area contributed by atoms with Crippen LogP contribution in [0.25, 0.3) is 0 Å². The number of nitrogens with one attached hydrogen (secondary N) is 1. The number of amides is 1. The van der Waals surface area contributed by atoms with Gasteiger partial charge in [0, 0.05) is 12.0 Å². The van der Waals surface area contributed by atoms with Crippen molar-refractivity contribution in [3.63, 3.8) is 0 Å². The Balaban J connectivity index is 1.92. The van der Waals surface area contributed by atoms with E-state index in [2.05, 4.69) is 42.6 Å². The van der Waals surface area contributed by atoms with Crippen molar-refractivity contribution in [3.05, 3.63) is 64.7 Å². The Morgan fingerprint density at radius 1 is 1.12 bits per heavy atom. The lowest BCUT2D eigenvalue weighted by molar-refractivity contribution is -0.121. The first-order valence-corrected chi connectivity index (χ1v) is 8.55. The molecule has 3 nitrogen and oxygen atoms in total. The molecule has 128 valence electrons. The highest BCUT2D eigenvalue weighted by Crippen LogP contribution is 2.26.